The van der Waals surface area contributed by atoms with Crippen LogP contribution in [0, 0.1) is 5.92 Å². The molecule has 0 fully saturated rings. The Morgan fingerprint density at radius 2 is 2.11 bits per heavy atom. The number of hydrogen-bond donors (Lipinski definition) is 1. The van der Waals surface area contributed by atoms with Gasteiger partial charge in [0.1, 0.15) is 5.76 Å². The maximum atomic E-state index is 11.9. The van der Waals surface area contributed by atoms with E-state index in [0.717, 1.165) is 45.6 Å². The van der Waals surface area contributed by atoms with Crippen LogP contribution in [-0.2, 0) is 18.3 Å². The summed E-state index contributed by atoms with van der Waals surface area (Å²) in [4.78, 5) is 11.9. The first-order valence-electron chi connectivity index (χ1n) is 9.45. The molecule has 144 valence electrons. The smallest absolute Gasteiger partial charge is 0.356 e. The molecule has 1 aromatic carbocycles. The Balaban J connectivity index is 1.76. The molecular weight excluding hydrogens is 422 g/mol. The number of carboxylic acids is 1. The highest BCUT2D eigenvalue weighted by Gasteiger charge is 2.52. The minimum atomic E-state index is -0.969. The Bertz CT molecular complexity index is 1090. The van der Waals surface area contributed by atoms with Gasteiger partial charge in [0.15, 0.2) is 5.69 Å². The van der Waals surface area contributed by atoms with Crippen LogP contribution in [0.1, 0.15) is 59.3 Å². The first-order valence-corrected chi connectivity index (χ1v) is 10.2. The third kappa shape index (κ3) is 2.35. The van der Waals surface area contributed by atoms with Crippen molar-refractivity contribution in [2.45, 2.75) is 44.4 Å². The molecular formula is C21H20BrN3O3. The van der Waals surface area contributed by atoms with E-state index in [1.807, 2.05) is 28.9 Å². The van der Waals surface area contributed by atoms with E-state index in [9.17, 15) is 9.90 Å². The van der Waals surface area contributed by atoms with Gasteiger partial charge < -0.3 is 9.63 Å². The lowest BCUT2D eigenvalue weighted by Crippen LogP contribution is -2.45. The van der Waals surface area contributed by atoms with Gasteiger partial charge in [0.05, 0.1) is 17.6 Å². The second-order valence-corrected chi connectivity index (χ2v) is 9.03. The van der Waals surface area contributed by atoms with Crippen LogP contribution in [0.15, 0.2) is 39.5 Å². The summed E-state index contributed by atoms with van der Waals surface area (Å²) >= 11 is 3.47. The molecule has 7 heteroatoms. The largest absolute Gasteiger partial charge is 0.476 e. The van der Waals surface area contributed by atoms with Gasteiger partial charge in [-0.05, 0) is 49.4 Å². The molecule has 2 aromatic heterocycles. The fourth-order valence-electron chi connectivity index (χ4n) is 5.38. The van der Waals surface area contributed by atoms with Crippen LogP contribution in [0.25, 0.3) is 5.69 Å². The quantitative estimate of drug-likeness (QED) is 0.632. The van der Waals surface area contributed by atoms with Gasteiger partial charge >= 0.3 is 5.97 Å². The van der Waals surface area contributed by atoms with E-state index < -0.39 is 5.97 Å². The van der Waals surface area contributed by atoms with Gasteiger partial charge in [0, 0.05) is 26.9 Å². The van der Waals surface area contributed by atoms with E-state index in [-0.39, 0.29) is 17.0 Å². The zero-order valence-electron chi connectivity index (χ0n) is 15.6. The van der Waals surface area contributed by atoms with Gasteiger partial charge in [-0.3, -0.25) is 0 Å². The minimum absolute atomic E-state index is 0.168. The van der Waals surface area contributed by atoms with Crippen molar-refractivity contribution in [2.75, 3.05) is 0 Å². The van der Waals surface area contributed by atoms with Crippen LogP contribution in [0.3, 0.4) is 0 Å². The molecule has 3 atom stereocenters. The number of aromatic nitrogens is 3. The third-order valence-electron chi connectivity index (χ3n) is 6.57. The molecule has 2 heterocycles. The number of carbonyl (C=O) groups is 1. The molecule has 2 aliphatic rings. The number of halogens is 1. The van der Waals surface area contributed by atoms with E-state index >= 15 is 0 Å². The summed E-state index contributed by atoms with van der Waals surface area (Å²) in [5.74, 6) is 0.571. The van der Waals surface area contributed by atoms with E-state index in [4.69, 9.17) is 4.52 Å². The molecule has 0 saturated heterocycles. The first kappa shape index (κ1) is 17.7. The van der Waals surface area contributed by atoms with Crippen LogP contribution in [-0.4, -0.2) is 26.0 Å². The monoisotopic (exact) mass is 441 g/mol. The highest BCUT2D eigenvalue weighted by atomic mass is 79.9. The maximum absolute atomic E-state index is 11.9. The standard InChI is InChI=1S/C21H20BrN3O3/c1-11-16-8-7-15-17(20(26)27)24-25(14-5-3-13(22)4-6-14)19(15)21(16,2)9-12-10-23-28-18(11)12/h3-6,10-11,16H,7-9H2,1-2H3,(H,26,27)/t11-,16-,21-/m1/s1. The molecule has 1 N–H and O–H groups in total. The average Bonchev–Trinajstić information content (AvgIpc) is 3.27. The molecule has 0 amide bonds. The Morgan fingerprint density at radius 1 is 1.36 bits per heavy atom. The molecule has 28 heavy (non-hydrogen) atoms. The normalized spacial score (nSPS) is 25.7. The fraction of sp³-hybridized carbons (Fsp3) is 0.381. The summed E-state index contributed by atoms with van der Waals surface area (Å²) in [6, 6.07) is 7.84. The number of hydrogen-bond acceptors (Lipinski definition) is 4. The Labute approximate surface area is 170 Å². The van der Waals surface area contributed by atoms with Crippen LogP contribution >= 0.6 is 15.9 Å². The van der Waals surface area contributed by atoms with Crippen molar-refractivity contribution in [1.82, 2.24) is 14.9 Å². The number of rotatable bonds is 2. The van der Waals surface area contributed by atoms with Crippen molar-refractivity contribution in [3.05, 3.63) is 63.2 Å². The molecule has 0 bridgehead atoms. The summed E-state index contributed by atoms with van der Waals surface area (Å²) in [5, 5.41) is 18.4. The van der Waals surface area contributed by atoms with Crippen molar-refractivity contribution < 1.29 is 14.4 Å². The molecule has 0 saturated carbocycles. The van der Waals surface area contributed by atoms with E-state index in [1.165, 1.54) is 0 Å². The summed E-state index contributed by atoms with van der Waals surface area (Å²) in [6.07, 6.45) is 4.20. The highest BCUT2D eigenvalue weighted by Crippen LogP contribution is 2.54. The predicted molar refractivity (Wildman–Crippen MR) is 106 cm³/mol. The predicted octanol–water partition coefficient (Wildman–Crippen LogP) is 4.50. The summed E-state index contributed by atoms with van der Waals surface area (Å²) in [7, 11) is 0. The molecule has 0 radical (unpaired) electrons. The number of carboxylic acid groups (broad SMARTS) is 1. The van der Waals surface area contributed by atoms with Gasteiger partial charge in [-0.15, -0.1) is 0 Å². The van der Waals surface area contributed by atoms with Gasteiger partial charge in [-0.2, -0.15) is 5.10 Å². The summed E-state index contributed by atoms with van der Waals surface area (Å²) in [6.45, 7) is 4.43. The van der Waals surface area contributed by atoms with E-state index in [1.54, 1.807) is 6.20 Å². The second kappa shape index (κ2) is 6.04. The lowest BCUT2D eigenvalue weighted by atomic mass is 9.56. The lowest BCUT2D eigenvalue weighted by Gasteiger charge is -2.47. The topological polar surface area (TPSA) is 81.2 Å². The Kier molecular flexibility index (Phi) is 3.81. The molecule has 0 unspecified atom stereocenters. The Morgan fingerprint density at radius 3 is 2.82 bits per heavy atom. The van der Waals surface area contributed by atoms with Crippen molar-refractivity contribution in [1.29, 1.82) is 0 Å². The van der Waals surface area contributed by atoms with Crippen LogP contribution in [0.5, 0.6) is 0 Å². The maximum Gasteiger partial charge on any atom is 0.356 e. The average molecular weight is 442 g/mol. The molecule has 6 nitrogen and oxygen atoms in total. The molecule has 0 spiro atoms. The van der Waals surface area contributed by atoms with Crippen molar-refractivity contribution in [3.8, 4) is 5.69 Å². The van der Waals surface area contributed by atoms with Gasteiger partial charge in [0.2, 0.25) is 0 Å². The van der Waals surface area contributed by atoms with Crippen molar-refractivity contribution in [3.63, 3.8) is 0 Å². The van der Waals surface area contributed by atoms with Crippen LogP contribution in [0.2, 0.25) is 0 Å². The molecule has 3 aromatic rings. The number of nitrogens with zero attached hydrogens (tertiary/aromatic N) is 3. The molecule has 2 aliphatic carbocycles. The van der Waals surface area contributed by atoms with Gasteiger partial charge in [-0.25, -0.2) is 9.48 Å². The molecule has 5 rings (SSSR count). The zero-order valence-corrected chi connectivity index (χ0v) is 17.2. The fourth-order valence-corrected chi connectivity index (χ4v) is 5.65. The Hall–Kier alpha value is -2.41. The van der Waals surface area contributed by atoms with Crippen molar-refractivity contribution >= 4 is 21.9 Å². The summed E-state index contributed by atoms with van der Waals surface area (Å²) in [5.41, 5.74) is 3.79. The van der Waals surface area contributed by atoms with Crippen molar-refractivity contribution in [2.24, 2.45) is 5.92 Å². The second-order valence-electron chi connectivity index (χ2n) is 8.11. The third-order valence-corrected chi connectivity index (χ3v) is 7.10. The van der Waals surface area contributed by atoms with Gasteiger partial charge in [0.25, 0.3) is 0 Å². The minimum Gasteiger partial charge on any atom is -0.476 e. The summed E-state index contributed by atoms with van der Waals surface area (Å²) < 4.78 is 8.37. The molecule has 0 aliphatic heterocycles. The van der Waals surface area contributed by atoms with Crippen LogP contribution in [0.4, 0.5) is 0 Å². The van der Waals surface area contributed by atoms with Gasteiger partial charge in [-0.1, -0.05) is 34.9 Å². The van der Waals surface area contributed by atoms with Crippen LogP contribution < -0.4 is 0 Å². The number of fused-ring (bicyclic) bond motifs is 4. The number of benzene rings is 1. The van der Waals surface area contributed by atoms with E-state index in [2.05, 4.69) is 40.0 Å². The zero-order chi connectivity index (χ0) is 19.6. The lowest BCUT2D eigenvalue weighted by molar-refractivity contribution is 0.0688. The SMILES string of the molecule is C[C@H]1c2oncc2C[C@@]2(C)c3c(c(C(=O)O)nn3-c3ccc(Br)cc3)CC[C@H]12. The van der Waals surface area contributed by atoms with E-state index in [0.29, 0.717) is 12.3 Å². The highest BCUT2D eigenvalue weighted by molar-refractivity contribution is 9.10. The first-order chi connectivity index (χ1) is 13.4. The number of aromatic carboxylic acids is 1.